The quantitative estimate of drug-likeness (QED) is 0.234. The van der Waals surface area contributed by atoms with E-state index in [1.54, 1.807) is 0 Å². The lowest BCUT2D eigenvalue weighted by Gasteiger charge is -2.29. The second-order valence-electron chi connectivity index (χ2n) is 9.01. The van der Waals surface area contributed by atoms with Crippen molar-refractivity contribution in [2.45, 2.75) is 77.6 Å². The lowest BCUT2D eigenvalue weighted by atomic mass is 10.0. The summed E-state index contributed by atoms with van der Waals surface area (Å²) in [5, 5.41) is 0. The summed E-state index contributed by atoms with van der Waals surface area (Å²) in [6.45, 7) is 9.73. The maximum atomic E-state index is 6.09. The average molecular weight is 437 g/mol. The summed E-state index contributed by atoms with van der Waals surface area (Å²) in [7, 11) is 0. The van der Waals surface area contributed by atoms with E-state index in [9.17, 15) is 0 Å². The van der Waals surface area contributed by atoms with Crippen molar-refractivity contribution in [2.24, 2.45) is 5.92 Å². The number of ether oxygens (including phenoxy) is 3. The van der Waals surface area contributed by atoms with Crippen molar-refractivity contribution in [1.82, 2.24) is 0 Å². The summed E-state index contributed by atoms with van der Waals surface area (Å²) in [6, 6.07) is 16.9. The maximum Gasteiger partial charge on any atom is 0.183 e. The number of hydrogen-bond acceptors (Lipinski definition) is 3. The third-order valence-electron chi connectivity index (χ3n) is 6.16. The van der Waals surface area contributed by atoms with Crippen molar-refractivity contribution in [3.05, 3.63) is 66.7 Å². The zero-order chi connectivity index (χ0) is 22.6. The largest absolute Gasteiger partial charge is 0.491 e. The third-order valence-corrected chi connectivity index (χ3v) is 6.16. The molecule has 0 unspecified atom stereocenters. The van der Waals surface area contributed by atoms with Crippen molar-refractivity contribution >= 4 is 0 Å². The number of benzene rings is 2. The Balaban J connectivity index is 1.47. The van der Waals surface area contributed by atoms with Crippen molar-refractivity contribution in [3.8, 4) is 16.9 Å². The zero-order valence-electron chi connectivity index (χ0n) is 19.9. The predicted molar refractivity (Wildman–Crippen MR) is 133 cm³/mol. The van der Waals surface area contributed by atoms with Gasteiger partial charge in [0, 0.05) is 11.5 Å². The highest BCUT2D eigenvalue weighted by Crippen LogP contribution is 2.30. The van der Waals surface area contributed by atoms with Gasteiger partial charge in [0.25, 0.3) is 0 Å². The van der Waals surface area contributed by atoms with Gasteiger partial charge in [-0.05, 0) is 62.3 Å². The topological polar surface area (TPSA) is 27.7 Å². The monoisotopic (exact) mass is 436 g/mol. The Bertz CT molecular complexity index is 773. The Hall–Kier alpha value is -2.10. The second-order valence-corrected chi connectivity index (χ2v) is 9.01. The van der Waals surface area contributed by atoms with Gasteiger partial charge < -0.3 is 14.2 Å². The fraction of sp³-hybridized carbons (Fsp3) is 0.517. The molecule has 2 aromatic carbocycles. The number of rotatable bonds is 13. The molecule has 3 heteroatoms. The van der Waals surface area contributed by atoms with E-state index in [1.165, 1.54) is 36.8 Å². The van der Waals surface area contributed by atoms with Crippen LogP contribution in [0.5, 0.6) is 5.75 Å². The molecular formula is C29H40O3. The van der Waals surface area contributed by atoms with E-state index in [0.717, 1.165) is 50.2 Å². The fourth-order valence-electron chi connectivity index (χ4n) is 4.16. The van der Waals surface area contributed by atoms with Crippen LogP contribution in [0.2, 0.25) is 0 Å². The molecular weight excluding hydrogens is 396 g/mol. The minimum absolute atomic E-state index is 0.255. The molecule has 1 fully saturated rings. The van der Waals surface area contributed by atoms with Gasteiger partial charge in [0.1, 0.15) is 5.75 Å². The van der Waals surface area contributed by atoms with Crippen LogP contribution in [0.25, 0.3) is 11.1 Å². The first-order valence-corrected chi connectivity index (χ1v) is 12.4. The Morgan fingerprint density at radius 2 is 1.59 bits per heavy atom. The molecule has 3 nitrogen and oxygen atoms in total. The molecule has 1 aliphatic heterocycles. The minimum Gasteiger partial charge on any atom is -0.491 e. The standard InChI is InChI=1S/C29H40O3/c1-4-6-8-10-11-23(3)32-28-19-17-26(18-20-28)25-13-15-27(16-14-25)29-30-21-24(22-31-29)12-9-7-5-2/h5,13-20,23-24,29H,2,4,6-12,21-22H2,1,3H3/t23-,24-,29-/m0/s1. The number of unbranched alkanes of at least 4 members (excludes halogenated alkanes) is 4. The van der Waals surface area contributed by atoms with Crippen molar-refractivity contribution in [3.63, 3.8) is 0 Å². The van der Waals surface area contributed by atoms with Crippen LogP contribution in [-0.2, 0) is 9.47 Å². The zero-order valence-corrected chi connectivity index (χ0v) is 19.9. The van der Waals surface area contributed by atoms with Gasteiger partial charge in [0.05, 0.1) is 19.3 Å². The molecule has 174 valence electrons. The molecule has 0 amide bonds. The molecule has 1 saturated heterocycles. The molecule has 1 atom stereocenters. The normalized spacial score (nSPS) is 19.4. The van der Waals surface area contributed by atoms with E-state index in [1.807, 2.05) is 6.08 Å². The molecule has 0 aliphatic carbocycles. The second kappa shape index (κ2) is 13.4. The summed E-state index contributed by atoms with van der Waals surface area (Å²) in [5.41, 5.74) is 3.45. The third kappa shape index (κ3) is 7.79. The lowest BCUT2D eigenvalue weighted by Crippen LogP contribution is -2.27. The van der Waals surface area contributed by atoms with Gasteiger partial charge in [-0.15, -0.1) is 6.58 Å². The molecule has 0 aromatic heterocycles. The molecule has 3 rings (SSSR count). The van der Waals surface area contributed by atoms with E-state index in [0.29, 0.717) is 5.92 Å². The van der Waals surface area contributed by atoms with Crippen LogP contribution in [0, 0.1) is 5.92 Å². The fourth-order valence-corrected chi connectivity index (χ4v) is 4.16. The first kappa shape index (κ1) is 24.5. The molecule has 0 spiro atoms. The Kier molecular flexibility index (Phi) is 10.3. The van der Waals surface area contributed by atoms with Crippen LogP contribution in [0.4, 0.5) is 0 Å². The van der Waals surface area contributed by atoms with Crippen molar-refractivity contribution < 1.29 is 14.2 Å². The predicted octanol–water partition coefficient (Wildman–Crippen LogP) is 8.11. The molecule has 0 radical (unpaired) electrons. The summed E-state index contributed by atoms with van der Waals surface area (Å²) in [5.74, 6) is 1.44. The summed E-state index contributed by atoms with van der Waals surface area (Å²) < 4.78 is 18.1. The van der Waals surface area contributed by atoms with Crippen LogP contribution in [-0.4, -0.2) is 19.3 Å². The highest BCUT2D eigenvalue weighted by atomic mass is 16.7. The molecule has 2 aromatic rings. The summed E-state index contributed by atoms with van der Waals surface area (Å²) in [4.78, 5) is 0. The van der Waals surface area contributed by atoms with E-state index in [2.05, 4.69) is 69.0 Å². The Morgan fingerprint density at radius 3 is 2.22 bits per heavy atom. The highest BCUT2D eigenvalue weighted by molar-refractivity contribution is 5.64. The van der Waals surface area contributed by atoms with Gasteiger partial charge in [0.15, 0.2) is 6.29 Å². The van der Waals surface area contributed by atoms with Crippen molar-refractivity contribution in [1.29, 1.82) is 0 Å². The Morgan fingerprint density at radius 1 is 0.938 bits per heavy atom. The van der Waals surface area contributed by atoms with Gasteiger partial charge in [-0.1, -0.05) is 68.7 Å². The van der Waals surface area contributed by atoms with Gasteiger partial charge in [-0.3, -0.25) is 0 Å². The van der Waals surface area contributed by atoms with Crippen LogP contribution >= 0.6 is 0 Å². The average Bonchev–Trinajstić information content (AvgIpc) is 2.83. The molecule has 0 N–H and O–H groups in total. The van der Waals surface area contributed by atoms with Gasteiger partial charge in [-0.2, -0.15) is 0 Å². The molecule has 0 saturated carbocycles. The molecule has 0 bridgehead atoms. The highest BCUT2D eigenvalue weighted by Gasteiger charge is 2.23. The molecule has 1 aliphatic rings. The van der Waals surface area contributed by atoms with Crippen molar-refractivity contribution in [2.75, 3.05) is 13.2 Å². The molecule has 32 heavy (non-hydrogen) atoms. The van der Waals surface area contributed by atoms with E-state index < -0.39 is 0 Å². The first-order valence-electron chi connectivity index (χ1n) is 12.4. The Labute approximate surface area is 194 Å². The molecule has 1 heterocycles. The smallest absolute Gasteiger partial charge is 0.183 e. The van der Waals surface area contributed by atoms with Crippen LogP contribution in [0.1, 0.15) is 77.1 Å². The minimum atomic E-state index is -0.255. The van der Waals surface area contributed by atoms with Crippen LogP contribution in [0.15, 0.2) is 61.2 Å². The number of hydrogen-bond donors (Lipinski definition) is 0. The van der Waals surface area contributed by atoms with E-state index in [4.69, 9.17) is 14.2 Å². The maximum absolute atomic E-state index is 6.09. The van der Waals surface area contributed by atoms with Gasteiger partial charge >= 0.3 is 0 Å². The SMILES string of the molecule is C=CCCC[C@H]1CO[C@H](c2ccc(-c3ccc(O[C@@H](C)CCCCCC)cc3)cc2)OC1. The first-order chi connectivity index (χ1) is 15.7. The van der Waals surface area contributed by atoms with E-state index in [-0.39, 0.29) is 12.4 Å². The van der Waals surface area contributed by atoms with E-state index >= 15 is 0 Å². The number of allylic oxidation sites excluding steroid dienone is 1. The van der Waals surface area contributed by atoms with Gasteiger partial charge in [0.2, 0.25) is 0 Å². The lowest BCUT2D eigenvalue weighted by molar-refractivity contribution is -0.206. The summed E-state index contributed by atoms with van der Waals surface area (Å²) in [6.07, 6.45) is 11.6. The summed E-state index contributed by atoms with van der Waals surface area (Å²) >= 11 is 0. The van der Waals surface area contributed by atoms with Crippen LogP contribution < -0.4 is 4.74 Å². The van der Waals surface area contributed by atoms with Crippen LogP contribution in [0.3, 0.4) is 0 Å². The van der Waals surface area contributed by atoms with Gasteiger partial charge in [-0.25, -0.2) is 0 Å².